The number of rotatable bonds is 2. The summed E-state index contributed by atoms with van der Waals surface area (Å²) in [6.45, 7) is 6.77. The lowest BCUT2D eigenvalue weighted by molar-refractivity contribution is 0.253. The van der Waals surface area contributed by atoms with Crippen molar-refractivity contribution in [2.75, 3.05) is 11.1 Å². The van der Waals surface area contributed by atoms with Crippen molar-refractivity contribution in [1.82, 2.24) is 0 Å². The summed E-state index contributed by atoms with van der Waals surface area (Å²) in [5.74, 6) is 1.50. The van der Waals surface area contributed by atoms with Crippen molar-refractivity contribution in [1.29, 1.82) is 0 Å². The average Bonchev–Trinajstić information content (AvgIpc) is 2.32. The second-order valence-corrected chi connectivity index (χ2v) is 6.11. The molecule has 0 heterocycles. The highest BCUT2D eigenvalue weighted by atomic mass is 35.5. The van der Waals surface area contributed by atoms with Crippen molar-refractivity contribution < 1.29 is 0 Å². The summed E-state index contributed by atoms with van der Waals surface area (Å²) in [6.07, 6.45) is 3.90. The lowest BCUT2D eigenvalue weighted by atomic mass is 9.78. The number of halogens is 1. The summed E-state index contributed by atoms with van der Waals surface area (Å²) < 4.78 is 0. The topological polar surface area (TPSA) is 38.0 Å². The third-order valence-corrected chi connectivity index (χ3v) is 4.72. The van der Waals surface area contributed by atoms with Gasteiger partial charge in [0.2, 0.25) is 0 Å². The van der Waals surface area contributed by atoms with E-state index in [1.807, 2.05) is 12.1 Å². The van der Waals surface area contributed by atoms with Crippen LogP contribution in [0.25, 0.3) is 0 Å². The van der Waals surface area contributed by atoms with Crippen LogP contribution in [0.3, 0.4) is 0 Å². The van der Waals surface area contributed by atoms with Gasteiger partial charge in [0, 0.05) is 11.7 Å². The summed E-state index contributed by atoms with van der Waals surface area (Å²) in [4.78, 5) is 0. The van der Waals surface area contributed by atoms with E-state index in [1.54, 1.807) is 0 Å². The minimum Gasteiger partial charge on any atom is -0.398 e. The van der Waals surface area contributed by atoms with Crippen molar-refractivity contribution in [2.24, 2.45) is 11.8 Å². The molecule has 0 radical (unpaired) electrons. The Morgan fingerprint density at radius 2 is 2.00 bits per heavy atom. The predicted molar refractivity (Wildman–Crippen MR) is 80.2 cm³/mol. The Kier molecular flexibility index (Phi) is 4.06. The largest absolute Gasteiger partial charge is 0.398 e. The molecule has 1 aromatic rings. The Labute approximate surface area is 115 Å². The second-order valence-electron chi connectivity index (χ2n) is 5.71. The Bertz CT molecular complexity index is 431. The number of aryl methyl sites for hydroxylation is 1. The molecular weight excluding hydrogens is 244 g/mol. The highest BCUT2D eigenvalue weighted by Crippen LogP contribution is 2.34. The van der Waals surface area contributed by atoms with Gasteiger partial charge in [-0.2, -0.15) is 0 Å². The van der Waals surface area contributed by atoms with Gasteiger partial charge in [-0.25, -0.2) is 0 Å². The summed E-state index contributed by atoms with van der Waals surface area (Å²) in [5, 5.41) is 4.30. The van der Waals surface area contributed by atoms with Gasteiger partial charge in [-0.3, -0.25) is 0 Å². The van der Waals surface area contributed by atoms with Crippen LogP contribution in [0.15, 0.2) is 12.1 Å². The van der Waals surface area contributed by atoms with Gasteiger partial charge in [-0.15, -0.1) is 0 Å². The van der Waals surface area contributed by atoms with E-state index in [2.05, 4.69) is 26.1 Å². The molecular formula is C15H23ClN2. The van der Waals surface area contributed by atoms with Gasteiger partial charge >= 0.3 is 0 Å². The third-order valence-electron chi connectivity index (χ3n) is 4.39. The quantitative estimate of drug-likeness (QED) is 0.775. The van der Waals surface area contributed by atoms with Crippen LogP contribution in [-0.4, -0.2) is 6.04 Å². The maximum absolute atomic E-state index is 6.10. The van der Waals surface area contributed by atoms with Gasteiger partial charge in [0.25, 0.3) is 0 Å². The first-order chi connectivity index (χ1) is 8.49. The highest BCUT2D eigenvalue weighted by Gasteiger charge is 2.27. The van der Waals surface area contributed by atoms with E-state index in [1.165, 1.54) is 24.8 Å². The van der Waals surface area contributed by atoms with E-state index in [9.17, 15) is 0 Å². The zero-order valence-electron chi connectivity index (χ0n) is 11.5. The zero-order valence-corrected chi connectivity index (χ0v) is 12.2. The maximum atomic E-state index is 6.10. The molecule has 0 bridgehead atoms. The van der Waals surface area contributed by atoms with Crippen molar-refractivity contribution >= 4 is 23.0 Å². The van der Waals surface area contributed by atoms with Gasteiger partial charge in [-0.1, -0.05) is 38.3 Å². The highest BCUT2D eigenvalue weighted by molar-refractivity contribution is 6.33. The molecule has 0 spiro atoms. The van der Waals surface area contributed by atoms with Crippen LogP contribution in [0.4, 0.5) is 11.4 Å². The first-order valence-electron chi connectivity index (χ1n) is 6.81. The summed E-state index contributed by atoms with van der Waals surface area (Å²) >= 11 is 6.10. The predicted octanol–water partition coefficient (Wildman–Crippen LogP) is 4.47. The van der Waals surface area contributed by atoms with Crippen LogP contribution in [0, 0.1) is 18.8 Å². The van der Waals surface area contributed by atoms with Crippen LogP contribution in [-0.2, 0) is 0 Å². The molecule has 0 saturated heterocycles. The number of nitrogen functional groups attached to an aromatic ring is 1. The molecule has 3 N–H and O–H groups in total. The Morgan fingerprint density at radius 1 is 1.28 bits per heavy atom. The molecule has 1 aliphatic rings. The SMILES string of the molecule is Cc1cc(N)c(Cl)cc1NC1CCCC(C)C1C. The Balaban J connectivity index is 2.16. The molecule has 0 aliphatic heterocycles. The molecule has 3 atom stereocenters. The van der Waals surface area contributed by atoms with Gasteiger partial charge in [-0.05, 0) is 42.9 Å². The lowest BCUT2D eigenvalue weighted by Crippen LogP contribution is -2.35. The van der Waals surface area contributed by atoms with E-state index in [0.29, 0.717) is 22.7 Å². The van der Waals surface area contributed by atoms with E-state index >= 15 is 0 Å². The van der Waals surface area contributed by atoms with Crippen LogP contribution in [0.5, 0.6) is 0 Å². The molecule has 0 aromatic heterocycles. The molecule has 1 aromatic carbocycles. The minimum atomic E-state index is 0.548. The fraction of sp³-hybridized carbons (Fsp3) is 0.600. The third kappa shape index (κ3) is 2.74. The standard InChI is InChI=1S/C15H23ClN2/c1-9-5-4-6-14(11(9)3)18-15-8-12(16)13(17)7-10(15)2/h7-9,11,14,18H,4-6,17H2,1-3H3. The first kappa shape index (κ1) is 13.5. The molecule has 1 aliphatic carbocycles. The van der Waals surface area contributed by atoms with Crippen molar-refractivity contribution in [3.05, 3.63) is 22.7 Å². The number of benzene rings is 1. The number of nitrogens with two attached hydrogens (primary N) is 1. The van der Waals surface area contributed by atoms with E-state index in [-0.39, 0.29) is 0 Å². The van der Waals surface area contributed by atoms with E-state index < -0.39 is 0 Å². The maximum Gasteiger partial charge on any atom is 0.0656 e. The normalized spacial score (nSPS) is 28.1. The summed E-state index contributed by atoms with van der Waals surface area (Å²) in [5.41, 5.74) is 8.76. The van der Waals surface area contributed by atoms with Crippen molar-refractivity contribution in [3.63, 3.8) is 0 Å². The molecule has 18 heavy (non-hydrogen) atoms. The van der Waals surface area contributed by atoms with Crippen molar-refractivity contribution in [2.45, 2.75) is 46.1 Å². The fourth-order valence-corrected chi connectivity index (χ4v) is 3.01. The average molecular weight is 267 g/mol. The molecule has 100 valence electrons. The molecule has 3 heteroatoms. The van der Waals surface area contributed by atoms with Gasteiger partial charge in [0.05, 0.1) is 10.7 Å². The van der Waals surface area contributed by atoms with Crippen LogP contribution < -0.4 is 11.1 Å². The van der Waals surface area contributed by atoms with Crippen LogP contribution >= 0.6 is 11.6 Å². The first-order valence-corrected chi connectivity index (χ1v) is 7.19. The smallest absolute Gasteiger partial charge is 0.0656 e. The zero-order chi connectivity index (χ0) is 13.3. The van der Waals surface area contributed by atoms with Gasteiger partial charge in [0.15, 0.2) is 0 Å². The second kappa shape index (κ2) is 5.40. The molecule has 3 unspecified atom stereocenters. The van der Waals surface area contributed by atoms with E-state index in [0.717, 1.165) is 11.6 Å². The van der Waals surface area contributed by atoms with Crippen molar-refractivity contribution in [3.8, 4) is 0 Å². The summed E-state index contributed by atoms with van der Waals surface area (Å²) in [6, 6.07) is 4.45. The van der Waals surface area contributed by atoms with Gasteiger partial charge < -0.3 is 11.1 Å². The molecule has 0 amide bonds. The number of nitrogens with one attached hydrogen (secondary N) is 1. The van der Waals surface area contributed by atoms with Gasteiger partial charge in [0.1, 0.15) is 0 Å². The Morgan fingerprint density at radius 3 is 2.72 bits per heavy atom. The molecule has 1 saturated carbocycles. The molecule has 2 rings (SSSR count). The number of anilines is 2. The number of hydrogen-bond donors (Lipinski definition) is 2. The fourth-order valence-electron chi connectivity index (χ4n) is 2.84. The molecule has 1 fully saturated rings. The lowest BCUT2D eigenvalue weighted by Gasteiger charge is -2.35. The minimum absolute atomic E-state index is 0.548. The van der Waals surface area contributed by atoms with Crippen LogP contribution in [0.2, 0.25) is 5.02 Å². The van der Waals surface area contributed by atoms with E-state index in [4.69, 9.17) is 17.3 Å². The molecule has 2 nitrogen and oxygen atoms in total. The van der Waals surface area contributed by atoms with Crippen LogP contribution in [0.1, 0.15) is 38.7 Å². The Hall–Kier alpha value is -0.890. The number of hydrogen-bond acceptors (Lipinski definition) is 2. The monoisotopic (exact) mass is 266 g/mol. The summed E-state index contributed by atoms with van der Waals surface area (Å²) in [7, 11) is 0.